The monoisotopic (exact) mass is 328 g/mol. The third-order valence-corrected chi connectivity index (χ3v) is 3.43. The van der Waals surface area contributed by atoms with Gasteiger partial charge in [-0.05, 0) is 36.4 Å². The van der Waals surface area contributed by atoms with E-state index in [-0.39, 0.29) is 18.4 Å². The standard InChI is InChI=1S/C17H17FN4O2/c18-14-3-1-13(2-4-14)16-6-5-15(24-16)11-21-17(23)20-8-10-22-9-7-19-12-22/h1-7,9,12H,8,10-11H2,(H2,20,21,23). The van der Waals surface area contributed by atoms with Gasteiger partial charge in [0.2, 0.25) is 0 Å². The molecule has 0 aliphatic heterocycles. The van der Waals surface area contributed by atoms with Gasteiger partial charge in [-0.25, -0.2) is 14.2 Å². The van der Waals surface area contributed by atoms with Gasteiger partial charge >= 0.3 is 6.03 Å². The summed E-state index contributed by atoms with van der Waals surface area (Å²) >= 11 is 0. The van der Waals surface area contributed by atoms with Gasteiger partial charge < -0.3 is 19.6 Å². The minimum atomic E-state index is -0.292. The molecular weight excluding hydrogens is 311 g/mol. The summed E-state index contributed by atoms with van der Waals surface area (Å²) in [6, 6.07) is 9.36. The summed E-state index contributed by atoms with van der Waals surface area (Å²) in [4.78, 5) is 15.7. The van der Waals surface area contributed by atoms with E-state index in [1.54, 1.807) is 36.8 Å². The summed E-state index contributed by atoms with van der Waals surface area (Å²) in [6.07, 6.45) is 5.22. The summed E-state index contributed by atoms with van der Waals surface area (Å²) in [7, 11) is 0. The van der Waals surface area contributed by atoms with Crippen LogP contribution in [0.3, 0.4) is 0 Å². The number of urea groups is 1. The van der Waals surface area contributed by atoms with Crippen LogP contribution in [0.15, 0.2) is 59.5 Å². The van der Waals surface area contributed by atoms with Crippen molar-refractivity contribution in [2.24, 2.45) is 0 Å². The maximum absolute atomic E-state index is 12.9. The Morgan fingerprint density at radius 1 is 1.17 bits per heavy atom. The average Bonchev–Trinajstić information content (AvgIpc) is 3.25. The van der Waals surface area contributed by atoms with Gasteiger partial charge in [0.1, 0.15) is 17.3 Å². The van der Waals surface area contributed by atoms with Gasteiger partial charge in [0, 0.05) is 31.0 Å². The number of hydrogen-bond donors (Lipinski definition) is 2. The predicted molar refractivity (Wildman–Crippen MR) is 86.6 cm³/mol. The molecule has 2 heterocycles. The van der Waals surface area contributed by atoms with Crippen LogP contribution in [0.4, 0.5) is 9.18 Å². The van der Waals surface area contributed by atoms with E-state index in [1.807, 2.05) is 10.8 Å². The Morgan fingerprint density at radius 3 is 2.75 bits per heavy atom. The highest BCUT2D eigenvalue weighted by atomic mass is 19.1. The topological polar surface area (TPSA) is 72.1 Å². The lowest BCUT2D eigenvalue weighted by Gasteiger charge is -2.06. The van der Waals surface area contributed by atoms with E-state index in [4.69, 9.17) is 4.42 Å². The lowest BCUT2D eigenvalue weighted by atomic mass is 10.2. The summed E-state index contributed by atoms with van der Waals surface area (Å²) in [5, 5.41) is 5.48. The first-order valence-electron chi connectivity index (χ1n) is 7.53. The van der Waals surface area contributed by atoms with E-state index in [0.29, 0.717) is 24.6 Å². The minimum absolute atomic E-state index is 0.269. The number of hydrogen-bond acceptors (Lipinski definition) is 3. The quantitative estimate of drug-likeness (QED) is 0.731. The van der Waals surface area contributed by atoms with Gasteiger partial charge in [0.05, 0.1) is 12.9 Å². The first kappa shape index (κ1) is 15.8. The van der Waals surface area contributed by atoms with Crippen molar-refractivity contribution in [1.29, 1.82) is 0 Å². The van der Waals surface area contributed by atoms with Crippen molar-refractivity contribution in [2.75, 3.05) is 6.54 Å². The fourth-order valence-corrected chi connectivity index (χ4v) is 2.19. The van der Waals surface area contributed by atoms with Gasteiger partial charge in [0.15, 0.2) is 0 Å². The molecule has 24 heavy (non-hydrogen) atoms. The molecule has 7 heteroatoms. The molecular formula is C17H17FN4O2. The number of imidazole rings is 1. The fraction of sp³-hybridized carbons (Fsp3) is 0.176. The zero-order chi connectivity index (χ0) is 16.8. The number of carbonyl (C=O) groups is 1. The molecule has 0 aliphatic carbocycles. The van der Waals surface area contributed by atoms with Gasteiger partial charge in [-0.15, -0.1) is 0 Å². The maximum atomic E-state index is 12.9. The number of furan rings is 1. The molecule has 2 aromatic heterocycles. The number of carbonyl (C=O) groups excluding carboxylic acids is 1. The second-order valence-corrected chi connectivity index (χ2v) is 5.18. The lowest BCUT2D eigenvalue weighted by molar-refractivity contribution is 0.239. The molecule has 0 bridgehead atoms. The van der Waals surface area contributed by atoms with E-state index in [2.05, 4.69) is 15.6 Å². The van der Waals surface area contributed by atoms with Gasteiger partial charge in [-0.2, -0.15) is 0 Å². The van der Waals surface area contributed by atoms with E-state index in [0.717, 1.165) is 5.56 Å². The summed E-state index contributed by atoms with van der Waals surface area (Å²) in [6.45, 7) is 1.43. The Kier molecular flexibility index (Phi) is 4.90. The van der Waals surface area contributed by atoms with E-state index >= 15 is 0 Å². The van der Waals surface area contributed by atoms with Crippen molar-refractivity contribution in [3.8, 4) is 11.3 Å². The summed E-state index contributed by atoms with van der Waals surface area (Å²) < 4.78 is 20.4. The molecule has 0 saturated heterocycles. The number of halogens is 1. The highest BCUT2D eigenvalue weighted by molar-refractivity contribution is 5.73. The molecule has 2 N–H and O–H groups in total. The van der Waals surface area contributed by atoms with Crippen LogP contribution in [-0.4, -0.2) is 22.1 Å². The second kappa shape index (κ2) is 7.45. The molecule has 2 amide bonds. The molecule has 0 aliphatic rings. The van der Waals surface area contributed by atoms with Crippen molar-refractivity contribution in [3.63, 3.8) is 0 Å². The summed E-state index contributed by atoms with van der Waals surface area (Å²) in [5.74, 6) is 0.964. The molecule has 3 aromatic rings. The van der Waals surface area contributed by atoms with Crippen LogP contribution < -0.4 is 10.6 Å². The molecule has 0 radical (unpaired) electrons. The average molecular weight is 328 g/mol. The lowest BCUT2D eigenvalue weighted by Crippen LogP contribution is -2.36. The Hall–Kier alpha value is -3.09. The molecule has 0 fully saturated rings. The number of aromatic nitrogens is 2. The van der Waals surface area contributed by atoms with Gasteiger partial charge in [0.25, 0.3) is 0 Å². The number of nitrogens with one attached hydrogen (secondary N) is 2. The first-order chi connectivity index (χ1) is 11.7. The molecule has 1 aromatic carbocycles. The smallest absolute Gasteiger partial charge is 0.315 e. The van der Waals surface area contributed by atoms with Crippen LogP contribution in [-0.2, 0) is 13.1 Å². The van der Waals surface area contributed by atoms with E-state index in [9.17, 15) is 9.18 Å². The van der Waals surface area contributed by atoms with Gasteiger partial charge in [-0.3, -0.25) is 0 Å². The molecule has 0 unspecified atom stereocenters. The minimum Gasteiger partial charge on any atom is -0.459 e. The predicted octanol–water partition coefficient (Wildman–Crippen LogP) is 2.78. The Morgan fingerprint density at radius 2 is 2.00 bits per heavy atom. The Labute approximate surface area is 138 Å². The third-order valence-electron chi connectivity index (χ3n) is 3.43. The first-order valence-corrected chi connectivity index (χ1v) is 7.53. The van der Waals surface area contributed by atoms with Crippen LogP contribution in [0, 0.1) is 5.82 Å². The second-order valence-electron chi connectivity index (χ2n) is 5.18. The van der Waals surface area contributed by atoms with Crippen molar-refractivity contribution < 1.29 is 13.6 Å². The van der Waals surface area contributed by atoms with Crippen molar-refractivity contribution in [1.82, 2.24) is 20.2 Å². The van der Waals surface area contributed by atoms with E-state index < -0.39 is 0 Å². The molecule has 124 valence electrons. The normalized spacial score (nSPS) is 10.5. The van der Waals surface area contributed by atoms with Crippen LogP contribution >= 0.6 is 0 Å². The zero-order valence-corrected chi connectivity index (χ0v) is 12.9. The number of nitrogens with zero attached hydrogens (tertiary/aromatic N) is 2. The Balaban J connectivity index is 1.44. The molecule has 0 atom stereocenters. The van der Waals surface area contributed by atoms with E-state index in [1.165, 1.54) is 12.1 Å². The number of rotatable bonds is 6. The van der Waals surface area contributed by atoms with Crippen molar-refractivity contribution >= 4 is 6.03 Å². The number of benzene rings is 1. The molecule has 3 rings (SSSR count). The number of amides is 2. The summed E-state index contributed by atoms with van der Waals surface area (Å²) in [5.41, 5.74) is 0.785. The van der Waals surface area contributed by atoms with Crippen LogP contribution in [0.5, 0.6) is 0 Å². The third kappa shape index (κ3) is 4.22. The highest BCUT2D eigenvalue weighted by Gasteiger charge is 2.06. The van der Waals surface area contributed by atoms with Gasteiger partial charge in [-0.1, -0.05) is 0 Å². The Bertz CT molecular complexity index is 781. The van der Waals surface area contributed by atoms with Crippen molar-refractivity contribution in [3.05, 3.63) is 66.7 Å². The fourth-order valence-electron chi connectivity index (χ4n) is 2.19. The SMILES string of the molecule is O=C(NCCn1ccnc1)NCc1ccc(-c2ccc(F)cc2)o1. The zero-order valence-electron chi connectivity index (χ0n) is 12.9. The largest absolute Gasteiger partial charge is 0.459 e. The molecule has 6 nitrogen and oxygen atoms in total. The van der Waals surface area contributed by atoms with Crippen molar-refractivity contribution in [2.45, 2.75) is 13.1 Å². The molecule has 0 saturated carbocycles. The van der Waals surface area contributed by atoms with Crippen LogP contribution in [0.2, 0.25) is 0 Å². The highest BCUT2D eigenvalue weighted by Crippen LogP contribution is 2.22. The van der Waals surface area contributed by atoms with Crippen LogP contribution in [0.25, 0.3) is 11.3 Å². The molecule has 0 spiro atoms. The maximum Gasteiger partial charge on any atom is 0.315 e. The van der Waals surface area contributed by atoms with Crippen LogP contribution in [0.1, 0.15) is 5.76 Å².